The third-order valence-corrected chi connectivity index (χ3v) is 1.85. The molecule has 1 amide bonds. The van der Waals surface area contributed by atoms with E-state index in [1.807, 2.05) is 13.8 Å². The first-order valence-electron chi connectivity index (χ1n) is 5.32. The van der Waals surface area contributed by atoms with Gasteiger partial charge in [0.25, 0.3) is 5.91 Å². The molecule has 0 saturated heterocycles. The minimum absolute atomic E-state index is 0.171. The largest absolute Gasteiger partial charge is 0.466 e. The SMILES string of the molecule is CC(C)NC(=S)NNC(=O)COc1cnccn1. The van der Waals surface area contributed by atoms with Crippen LogP contribution in [0.4, 0.5) is 0 Å². The van der Waals surface area contributed by atoms with Gasteiger partial charge in [-0.2, -0.15) is 0 Å². The van der Waals surface area contributed by atoms with Crippen LogP contribution in [0.2, 0.25) is 0 Å². The lowest BCUT2D eigenvalue weighted by Gasteiger charge is -2.13. The minimum atomic E-state index is -0.367. The van der Waals surface area contributed by atoms with Crippen LogP contribution in [0.5, 0.6) is 5.88 Å². The quantitative estimate of drug-likeness (QED) is 0.513. The fraction of sp³-hybridized carbons (Fsp3) is 0.400. The number of rotatable bonds is 4. The van der Waals surface area contributed by atoms with E-state index in [1.165, 1.54) is 18.6 Å². The number of ether oxygens (including phenoxy) is 1. The van der Waals surface area contributed by atoms with E-state index >= 15 is 0 Å². The number of hydrogen-bond acceptors (Lipinski definition) is 5. The van der Waals surface area contributed by atoms with Gasteiger partial charge in [-0.15, -0.1) is 0 Å². The molecule has 0 aliphatic heterocycles. The summed E-state index contributed by atoms with van der Waals surface area (Å²) in [6.45, 7) is 3.70. The van der Waals surface area contributed by atoms with E-state index in [9.17, 15) is 4.79 Å². The average Bonchev–Trinajstić information content (AvgIpc) is 2.34. The van der Waals surface area contributed by atoms with Gasteiger partial charge in [-0.25, -0.2) is 4.98 Å². The molecule has 0 aliphatic carbocycles. The zero-order valence-corrected chi connectivity index (χ0v) is 11.0. The van der Waals surface area contributed by atoms with Crippen molar-refractivity contribution in [2.75, 3.05) is 6.61 Å². The van der Waals surface area contributed by atoms with Crippen LogP contribution in [0.3, 0.4) is 0 Å². The van der Waals surface area contributed by atoms with Crippen LogP contribution in [0.25, 0.3) is 0 Å². The smallest absolute Gasteiger partial charge is 0.276 e. The molecule has 0 spiro atoms. The third-order valence-electron chi connectivity index (χ3n) is 1.63. The predicted octanol–water partition coefficient (Wildman–Crippen LogP) is -0.241. The zero-order chi connectivity index (χ0) is 13.4. The molecular formula is C10H15N5O2S. The summed E-state index contributed by atoms with van der Waals surface area (Å²) in [6, 6.07) is 0.192. The first-order chi connectivity index (χ1) is 8.58. The Kier molecular flexibility index (Phi) is 5.78. The van der Waals surface area contributed by atoms with E-state index in [0.717, 1.165) is 0 Å². The van der Waals surface area contributed by atoms with Crippen LogP contribution in [-0.2, 0) is 4.79 Å². The van der Waals surface area contributed by atoms with Gasteiger partial charge in [0.2, 0.25) is 5.88 Å². The number of nitrogens with zero attached hydrogens (tertiary/aromatic N) is 2. The van der Waals surface area contributed by atoms with E-state index in [0.29, 0.717) is 5.11 Å². The van der Waals surface area contributed by atoms with Crippen molar-refractivity contribution in [3.63, 3.8) is 0 Å². The molecule has 0 aromatic carbocycles. The van der Waals surface area contributed by atoms with E-state index in [1.54, 1.807) is 0 Å². The van der Waals surface area contributed by atoms with Gasteiger partial charge in [-0.1, -0.05) is 0 Å². The lowest BCUT2D eigenvalue weighted by atomic mass is 10.4. The van der Waals surface area contributed by atoms with Crippen molar-refractivity contribution in [3.05, 3.63) is 18.6 Å². The lowest BCUT2D eigenvalue weighted by molar-refractivity contribution is -0.123. The first-order valence-corrected chi connectivity index (χ1v) is 5.73. The van der Waals surface area contributed by atoms with Gasteiger partial charge in [0.15, 0.2) is 11.7 Å². The molecule has 0 saturated carbocycles. The normalized spacial score (nSPS) is 9.72. The summed E-state index contributed by atoms with van der Waals surface area (Å²) in [7, 11) is 0. The van der Waals surface area contributed by atoms with Crippen molar-refractivity contribution in [1.82, 2.24) is 26.1 Å². The molecule has 18 heavy (non-hydrogen) atoms. The van der Waals surface area contributed by atoms with Crippen LogP contribution >= 0.6 is 12.2 Å². The van der Waals surface area contributed by atoms with Crippen LogP contribution in [0, 0.1) is 0 Å². The van der Waals surface area contributed by atoms with Crippen LogP contribution < -0.4 is 20.9 Å². The molecule has 1 rings (SSSR count). The van der Waals surface area contributed by atoms with Gasteiger partial charge in [-0.05, 0) is 26.1 Å². The number of nitrogens with one attached hydrogen (secondary N) is 3. The summed E-state index contributed by atoms with van der Waals surface area (Å²) >= 11 is 4.93. The Bertz CT molecular complexity index is 399. The lowest BCUT2D eigenvalue weighted by Crippen LogP contribution is -2.49. The topological polar surface area (TPSA) is 88.2 Å². The second kappa shape index (κ2) is 7.38. The van der Waals surface area contributed by atoms with Crippen molar-refractivity contribution in [1.29, 1.82) is 0 Å². The molecule has 7 nitrogen and oxygen atoms in total. The van der Waals surface area contributed by atoms with Crippen LogP contribution in [0.15, 0.2) is 18.6 Å². The highest BCUT2D eigenvalue weighted by Crippen LogP contribution is 1.99. The van der Waals surface area contributed by atoms with Crippen molar-refractivity contribution in [3.8, 4) is 5.88 Å². The molecule has 0 unspecified atom stereocenters. The highest BCUT2D eigenvalue weighted by Gasteiger charge is 2.04. The molecule has 0 fully saturated rings. The van der Waals surface area contributed by atoms with Crippen molar-refractivity contribution < 1.29 is 9.53 Å². The van der Waals surface area contributed by atoms with Crippen LogP contribution in [0.1, 0.15) is 13.8 Å². The Labute approximate surface area is 110 Å². The summed E-state index contributed by atoms with van der Waals surface area (Å²) < 4.78 is 5.09. The van der Waals surface area contributed by atoms with Crippen molar-refractivity contribution >= 4 is 23.2 Å². The van der Waals surface area contributed by atoms with Gasteiger partial charge >= 0.3 is 0 Å². The van der Waals surface area contributed by atoms with E-state index in [-0.39, 0.29) is 24.4 Å². The monoisotopic (exact) mass is 269 g/mol. The van der Waals surface area contributed by atoms with Gasteiger partial charge in [0.1, 0.15) is 0 Å². The molecular weight excluding hydrogens is 254 g/mol. The molecule has 8 heteroatoms. The number of thiocarbonyl (C=S) groups is 1. The maximum Gasteiger partial charge on any atom is 0.276 e. The Balaban J connectivity index is 2.20. The highest BCUT2D eigenvalue weighted by molar-refractivity contribution is 7.80. The summed E-state index contributed by atoms with van der Waals surface area (Å²) in [4.78, 5) is 19.0. The predicted molar refractivity (Wildman–Crippen MR) is 69.7 cm³/mol. The summed E-state index contributed by atoms with van der Waals surface area (Å²) in [6.07, 6.45) is 4.42. The van der Waals surface area contributed by atoms with Crippen LogP contribution in [-0.4, -0.2) is 33.6 Å². The Morgan fingerprint density at radius 1 is 1.44 bits per heavy atom. The maximum absolute atomic E-state index is 11.4. The average molecular weight is 269 g/mol. The fourth-order valence-corrected chi connectivity index (χ4v) is 1.25. The van der Waals surface area contributed by atoms with Gasteiger partial charge in [0.05, 0.1) is 6.20 Å². The van der Waals surface area contributed by atoms with Gasteiger partial charge in [-0.3, -0.25) is 20.6 Å². The Morgan fingerprint density at radius 2 is 2.22 bits per heavy atom. The molecule has 0 aliphatic rings. The number of hydrazine groups is 1. The second-order valence-electron chi connectivity index (χ2n) is 3.63. The van der Waals surface area contributed by atoms with Crippen molar-refractivity contribution in [2.24, 2.45) is 0 Å². The molecule has 98 valence electrons. The highest BCUT2D eigenvalue weighted by atomic mass is 32.1. The van der Waals surface area contributed by atoms with E-state index < -0.39 is 0 Å². The minimum Gasteiger partial charge on any atom is -0.466 e. The molecule has 1 aromatic heterocycles. The standard InChI is InChI=1S/C10H15N5O2S/c1-7(2)13-10(18)15-14-8(16)6-17-9-5-11-3-4-12-9/h3-5,7H,6H2,1-2H3,(H,14,16)(H2,13,15,18). The Hall–Kier alpha value is -1.96. The van der Waals surface area contributed by atoms with E-state index in [2.05, 4.69) is 26.1 Å². The Morgan fingerprint density at radius 3 is 2.83 bits per heavy atom. The molecule has 0 atom stereocenters. The van der Waals surface area contributed by atoms with Gasteiger partial charge < -0.3 is 10.1 Å². The number of carbonyl (C=O) groups excluding carboxylic acids is 1. The third kappa shape index (κ3) is 5.94. The molecule has 0 bridgehead atoms. The van der Waals surface area contributed by atoms with Gasteiger partial charge in [0, 0.05) is 18.4 Å². The fourth-order valence-electron chi connectivity index (χ4n) is 0.960. The summed E-state index contributed by atoms with van der Waals surface area (Å²) in [5.74, 6) is -0.0795. The first kappa shape index (κ1) is 14.1. The molecule has 1 heterocycles. The number of amides is 1. The summed E-state index contributed by atoms with van der Waals surface area (Å²) in [5.41, 5.74) is 4.95. The maximum atomic E-state index is 11.4. The van der Waals surface area contributed by atoms with E-state index in [4.69, 9.17) is 17.0 Å². The molecule has 3 N–H and O–H groups in total. The zero-order valence-electron chi connectivity index (χ0n) is 10.1. The number of hydrogen-bond donors (Lipinski definition) is 3. The molecule has 1 aromatic rings. The second-order valence-corrected chi connectivity index (χ2v) is 4.04. The van der Waals surface area contributed by atoms with Crippen molar-refractivity contribution in [2.45, 2.75) is 19.9 Å². The number of aromatic nitrogens is 2. The summed E-state index contributed by atoms with van der Waals surface area (Å²) in [5, 5.41) is 3.26. The molecule has 0 radical (unpaired) electrons. The number of carbonyl (C=O) groups is 1.